The van der Waals surface area contributed by atoms with E-state index < -0.39 is 11.4 Å². The standard InChI is InChI=1S/C16H22O4/c1-10(2)13-11(9-16(3,4)15(17)18)5-6-12-14(13)20-8-7-19-12/h5-6,10H,7-9H2,1-4H3,(H,17,18). The second-order valence-electron chi connectivity index (χ2n) is 6.18. The van der Waals surface area contributed by atoms with Gasteiger partial charge in [0.25, 0.3) is 0 Å². The summed E-state index contributed by atoms with van der Waals surface area (Å²) in [6, 6.07) is 3.85. The molecule has 0 amide bonds. The lowest BCUT2D eigenvalue weighted by molar-refractivity contribution is -0.146. The molecule has 1 aliphatic heterocycles. The Kier molecular flexibility index (Phi) is 3.93. The quantitative estimate of drug-likeness (QED) is 0.918. The van der Waals surface area contributed by atoms with Crippen molar-refractivity contribution in [1.82, 2.24) is 0 Å². The van der Waals surface area contributed by atoms with Gasteiger partial charge in [0.05, 0.1) is 5.41 Å². The minimum absolute atomic E-state index is 0.256. The molecular formula is C16H22O4. The summed E-state index contributed by atoms with van der Waals surface area (Å²) in [6.07, 6.45) is 0.479. The number of ether oxygens (including phenoxy) is 2. The van der Waals surface area contributed by atoms with E-state index in [1.807, 2.05) is 12.1 Å². The van der Waals surface area contributed by atoms with Gasteiger partial charge < -0.3 is 14.6 Å². The number of aliphatic carboxylic acids is 1. The second-order valence-corrected chi connectivity index (χ2v) is 6.18. The molecule has 0 atom stereocenters. The van der Waals surface area contributed by atoms with Gasteiger partial charge in [-0.15, -0.1) is 0 Å². The number of benzene rings is 1. The number of carbonyl (C=O) groups is 1. The van der Waals surface area contributed by atoms with Crippen molar-refractivity contribution >= 4 is 5.97 Å². The molecule has 1 aliphatic rings. The topological polar surface area (TPSA) is 55.8 Å². The zero-order chi connectivity index (χ0) is 14.9. The van der Waals surface area contributed by atoms with E-state index in [1.165, 1.54) is 0 Å². The van der Waals surface area contributed by atoms with Gasteiger partial charge in [-0.3, -0.25) is 4.79 Å². The predicted octanol–water partition coefficient (Wildman–Crippen LogP) is 3.23. The Balaban J connectivity index is 2.46. The molecule has 0 unspecified atom stereocenters. The van der Waals surface area contributed by atoms with Crippen LogP contribution >= 0.6 is 0 Å². The highest BCUT2D eigenvalue weighted by molar-refractivity contribution is 5.74. The van der Waals surface area contributed by atoms with E-state index in [-0.39, 0.29) is 5.92 Å². The third kappa shape index (κ3) is 2.74. The first-order chi connectivity index (χ1) is 9.33. The van der Waals surface area contributed by atoms with E-state index in [9.17, 15) is 9.90 Å². The van der Waals surface area contributed by atoms with Crippen LogP contribution in [0.1, 0.15) is 44.7 Å². The van der Waals surface area contributed by atoms with E-state index in [2.05, 4.69) is 13.8 Å². The summed E-state index contributed by atoms with van der Waals surface area (Å²) < 4.78 is 11.4. The first-order valence-corrected chi connectivity index (χ1v) is 6.97. The highest BCUT2D eigenvalue weighted by atomic mass is 16.6. The molecule has 1 aromatic carbocycles. The third-order valence-corrected chi connectivity index (χ3v) is 3.63. The van der Waals surface area contributed by atoms with Gasteiger partial charge in [0.1, 0.15) is 13.2 Å². The Morgan fingerprint density at radius 1 is 1.30 bits per heavy atom. The van der Waals surface area contributed by atoms with Crippen molar-refractivity contribution in [2.24, 2.45) is 5.41 Å². The number of fused-ring (bicyclic) bond motifs is 1. The number of hydrogen-bond acceptors (Lipinski definition) is 3. The SMILES string of the molecule is CC(C)c1c(CC(C)(C)C(=O)O)ccc2c1OCCO2. The van der Waals surface area contributed by atoms with Crippen molar-refractivity contribution in [3.05, 3.63) is 23.3 Å². The Hall–Kier alpha value is -1.71. The van der Waals surface area contributed by atoms with Crippen molar-refractivity contribution in [3.63, 3.8) is 0 Å². The minimum atomic E-state index is -0.798. The fourth-order valence-corrected chi connectivity index (χ4v) is 2.52. The maximum absolute atomic E-state index is 11.3. The first-order valence-electron chi connectivity index (χ1n) is 6.97. The average Bonchev–Trinajstić information content (AvgIpc) is 2.37. The largest absolute Gasteiger partial charge is 0.486 e. The van der Waals surface area contributed by atoms with E-state index in [0.29, 0.717) is 19.6 Å². The van der Waals surface area contributed by atoms with Crippen LogP contribution in [-0.2, 0) is 11.2 Å². The van der Waals surface area contributed by atoms with Crippen molar-refractivity contribution in [1.29, 1.82) is 0 Å². The molecular weight excluding hydrogens is 256 g/mol. The molecule has 1 aromatic rings. The monoisotopic (exact) mass is 278 g/mol. The predicted molar refractivity (Wildman–Crippen MR) is 76.6 cm³/mol. The van der Waals surface area contributed by atoms with Gasteiger partial charge in [0, 0.05) is 5.56 Å². The van der Waals surface area contributed by atoms with Crippen LogP contribution in [-0.4, -0.2) is 24.3 Å². The lowest BCUT2D eigenvalue weighted by Gasteiger charge is -2.27. The highest BCUT2D eigenvalue weighted by Gasteiger charge is 2.30. The summed E-state index contributed by atoms with van der Waals surface area (Å²) in [7, 11) is 0. The van der Waals surface area contributed by atoms with Crippen molar-refractivity contribution in [2.75, 3.05) is 13.2 Å². The highest BCUT2D eigenvalue weighted by Crippen LogP contribution is 2.41. The third-order valence-electron chi connectivity index (χ3n) is 3.63. The lowest BCUT2D eigenvalue weighted by Crippen LogP contribution is -2.27. The van der Waals surface area contributed by atoms with Crippen LogP contribution < -0.4 is 9.47 Å². The van der Waals surface area contributed by atoms with Crippen molar-refractivity contribution in [3.8, 4) is 11.5 Å². The average molecular weight is 278 g/mol. The summed E-state index contributed by atoms with van der Waals surface area (Å²) in [6.45, 7) is 8.77. The van der Waals surface area contributed by atoms with Gasteiger partial charge in [-0.05, 0) is 37.8 Å². The van der Waals surface area contributed by atoms with Crippen LogP contribution in [0.15, 0.2) is 12.1 Å². The summed E-state index contributed by atoms with van der Waals surface area (Å²) >= 11 is 0. The molecule has 110 valence electrons. The maximum Gasteiger partial charge on any atom is 0.309 e. The molecule has 0 radical (unpaired) electrons. The van der Waals surface area contributed by atoms with Crippen molar-refractivity contribution in [2.45, 2.75) is 40.0 Å². The molecule has 4 heteroatoms. The van der Waals surface area contributed by atoms with E-state index in [1.54, 1.807) is 13.8 Å². The normalized spacial score (nSPS) is 14.4. The number of carboxylic acid groups (broad SMARTS) is 1. The number of rotatable bonds is 4. The molecule has 0 saturated heterocycles. The number of hydrogen-bond donors (Lipinski definition) is 1. The van der Waals surface area contributed by atoms with Gasteiger partial charge in [0.2, 0.25) is 0 Å². The van der Waals surface area contributed by atoms with Crippen LogP contribution in [0.25, 0.3) is 0 Å². The Bertz CT molecular complexity index is 517. The molecule has 0 bridgehead atoms. The van der Waals surface area contributed by atoms with Crippen molar-refractivity contribution < 1.29 is 19.4 Å². The van der Waals surface area contributed by atoms with Crippen LogP contribution in [0.5, 0.6) is 11.5 Å². The first kappa shape index (κ1) is 14.7. The van der Waals surface area contributed by atoms with Crippen LogP contribution in [0.4, 0.5) is 0 Å². The summed E-state index contributed by atoms with van der Waals surface area (Å²) in [4.78, 5) is 11.3. The van der Waals surface area contributed by atoms with Crippen LogP contribution in [0, 0.1) is 5.41 Å². The smallest absolute Gasteiger partial charge is 0.309 e. The fourth-order valence-electron chi connectivity index (χ4n) is 2.52. The lowest BCUT2D eigenvalue weighted by atomic mass is 9.82. The molecule has 0 saturated carbocycles. The van der Waals surface area contributed by atoms with Gasteiger partial charge in [-0.1, -0.05) is 19.9 Å². The van der Waals surface area contributed by atoms with Crippen LogP contribution in [0.3, 0.4) is 0 Å². The molecule has 20 heavy (non-hydrogen) atoms. The molecule has 0 fully saturated rings. The Morgan fingerprint density at radius 2 is 1.95 bits per heavy atom. The van der Waals surface area contributed by atoms with Gasteiger partial charge in [0.15, 0.2) is 11.5 Å². The fraction of sp³-hybridized carbons (Fsp3) is 0.562. The van der Waals surface area contributed by atoms with Gasteiger partial charge in [-0.25, -0.2) is 0 Å². The molecule has 2 rings (SSSR count). The van der Waals surface area contributed by atoms with Crippen LogP contribution in [0.2, 0.25) is 0 Å². The Labute approximate surface area is 119 Å². The van der Waals surface area contributed by atoms with E-state index >= 15 is 0 Å². The zero-order valence-electron chi connectivity index (χ0n) is 12.5. The number of carboxylic acids is 1. The molecule has 0 aliphatic carbocycles. The van der Waals surface area contributed by atoms with E-state index in [4.69, 9.17) is 9.47 Å². The second kappa shape index (κ2) is 5.35. The summed E-state index contributed by atoms with van der Waals surface area (Å²) in [5.74, 6) is 1.01. The molecule has 1 heterocycles. The molecule has 0 spiro atoms. The summed E-state index contributed by atoms with van der Waals surface area (Å²) in [5.41, 5.74) is 1.29. The molecule has 1 N–H and O–H groups in total. The minimum Gasteiger partial charge on any atom is -0.486 e. The maximum atomic E-state index is 11.3. The summed E-state index contributed by atoms with van der Waals surface area (Å²) in [5, 5.41) is 9.31. The molecule has 0 aromatic heterocycles. The van der Waals surface area contributed by atoms with Gasteiger partial charge in [-0.2, -0.15) is 0 Å². The van der Waals surface area contributed by atoms with Gasteiger partial charge >= 0.3 is 5.97 Å². The van der Waals surface area contributed by atoms with E-state index in [0.717, 1.165) is 22.6 Å². The molecule has 4 nitrogen and oxygen atoms in total. The Morgan fingerprint density at radius 3 is 2.55 bits per heavy atom. The zero-order valence-corrected chi connectivity index (χ0v) is 12.5.